The second kappa shape index (κ2) is 7.87. The third kappa shape index (κ3) is 3.50. The number of fused-ring (bicyclic) bond motifs is 2. The van der Waals surface area contributed by atoms with Crippen LogP contribution in [0, 0.1) is 16.7 Å². The predicted molar refractivity (Wildman–Crippen MR) is 127 cm³/mol. The molecule has 12 heteroatoms. The van der Waals surface area contributed by atoms with Crippen LogP contribution in [0.5, 0.6) is 5.88 Å². The summed E-state index contributed by atoms with van der Waals surface area (Å²) in [6, 6.07) is 3.37. The number of alkyl halides is 1. The van der Waals surface area contributed by atoms with E-state index >= 15 is 4.39 Å². The highest BCUT2D eigenvalue weighted by molar-refractivity contribution is 5.88. The fourth-order valence-corrected chi connectivity index (χ4v) is 4.89. The lowest BCUT2D eigenvalue weighted by Gasteiger charge is -2.42. The lowest BCUT2D eigenvalue weighted by molar-refractivity contribution is -0.139. The molecule has 5 heterocycles. The zero-order valence-electron chi connectivity index (χ0n) is 19.8. The number of halogens is 1. The summed E-state index contributed by atoms with van der Waals surface area (Å²) < 4.78 is 24.8. The Morgan fingerprint density at radius 2 is 2.17 bits per heavy atom. The third-order valence-corrected chi connectivity index (χ3v) is 7.11. The lowest BCUT2D eigenvalue weighted by atomic mass is 9.89. The average Bonchev–Trinajstić information content (AvgIpc) is 3.33. The lowest BCUT2D eigenvalue weighted by Crippen LogP contribution is -2.58. The zero-order chi connectivity index (χ0) is 25.1. The third-order valence-electron chi connectivity index (χ3n) is 7.11. The minimum Gasteiger partial charge on any atom is -0.479 e. The summed E-state index contributed by atoms with van der Waals surface area (Å²) in [6.07, 6.45) is 10.4. The molecule has 0 aromatic carbocycles. The van der Waals surface area contributed by atoms with Gasteiger partial charge >= 0.3 is 0 Å². The van der Waals surface area contributed by atoms with E-state index in [2.05, 4.69) is 31.4 Å². The summed E-state index contributed by atoms with van der Waals surface area (Å²) in [6.45, 7) is 1.72. The highest BCUT2D eigenvalue weighted by Gasteiger charge is 2.54. The van der Waals surface area contributed by atoms with Crippen LogP contribution in [0.3, 0.4) is 0 Å². The predicted octanol–water partition coefficient (Wildman–Crippen LogP) is 2.49. The van der Waals surface area contributed by atoms with E-state index in [0.29, 0.717) is 43.0 Å². The maximum absolute atomic E-state index is 15.7. The van der Waals surface area contributed by atoms with Crippen LogP contribution in [0.1, 0.15) is 26.2 Å². The molecule has 4 aromatic rings. The van der Waals surface area contributed by atoms with E-state index in [1.54, 1.807) is 23.1 Å². The van der Waals surface area contributed by atoms with Crippen LogP contribution < -0.4 is 10.1 Å². The van der Waals surface area contributed by atoms with Crippen molar-refractivity contribution in [3.63, 3.8) is 0 Å². The molecule has 0 bridgehead atoms. The second-order valence-corrected chi connectivity index (χ2v) is 9.63. The molecule has 1 unspecified atom stereocenters. The van der Waals surface area contributed by atoms with E-state index in [-0.39, 0.29) is 18.4 Å². The van der Waals surface area contributed by atoms with Gasteiger partial charge in [-0.15, -0.1) is 5.10 Å². The van der Waals surface area contributed by atoms with Gasteiger partial charge in [0.1, 0.15) is 16.6 Å². The van der Waals surface area contributed by atoms with Crippen molar-refractivity contribution in [1.82, 2.24) is 33.9 Å². The van der Waals surface area contributed by atoms with E-state index in [1.165, 1.54) is 18.9 Å². The van der Waals surface area contributed by atoms with Crippen molar-refractivity contribution in [2.75, 3.05) is 25.5 Å². The number of hydrogen-bond donors (Lipinski definition) is 1. The highest BCUT2D eigenvalue weighted by Crippen LogP contribution is 2.47. The van der Waals surface area contributed by atoms with E-state index < -0.39 is 17.1 Å². The number of aromatic nitrogens is 6. The van der Waals surface area contributed by atoms with Crippen molar-refractivity contribution in [2.45, 2.75) is 37.9 Å². The van der Waals surface area contributed by atoms with Crippen LogP contribution in [0.2, 0.25) is 0 Å². The number of nitrogens with one attached hydrogen (secondary N) is 1. The molecule has 4 aromatic heterocycles. The Kier molecular flexibility index (Phi) is 4.86. The average molecular weight is 490 g/mol. The van der Waals surface area contributed by atoms with Crippen LogP contribution in [0.4, 0.5) is 10.3 Å². The van der Waals surface area contributed by atoms with Crippen molar-refractivity contribution in [1.29, 1.82) is 5.26 Å². The quantitative estimate of drug-likeness (QED) is 0.453. The molecule has 2 aliphatic rings. The largest absolute Gasteiger partial charge is 0.479 e. The number of nitriles is 1. The van der Waals surface area contributed by atoms with Crippen LogP contribution in [-0.2, 0) is 4.79 Å². The minimum absolute atomic E-state index is 0.0935. The van der Waals surface area contributed by atoms with Gasteiger partial charge in [0, 0.05) is 48.7 Å². The number of carbonyl (C=O) groups is 1. The van der Waals surface area contributed by atoms with Gasteiger partial charge < -0.3 is 15.0 Å². The molecule has 2 atom stereocenters. The summed E-state index contributed by atoms with van der Waals surface area (Å²) in [4.78, 5) is 27.3. The Hall–Kier alpha value is -4.27. The molecule has 6 rings (SSSR count). The first-order chi connectivity index (χ1) is 17.3. The number of nitrogens with zero attached hydrogens (tertiary/aromatic N) is 8. The molecule has 184 valence electrons. The van der Waals surface area contributed by atoms with Gasteiger partial charge in [-0.25, -0.2) is 18.9 Å². The summed E-state index contributed by atoms with van der Waals surface area (Å²) >= 11 is 0. The molecule has 1 saturated heterocycles. The van der Waals surface area contributed by atoms with Gasteiger partial charge in [-0.05, 0) is 32.3 Å². The van der Waals surface area contributed by atoms with E-state index in [1.807, 2.05) is 22.9 Å². The van der Waals surface area contributed by atoms with Crippen molar-refractivity contribution in [3.8, 4) is 23.1 Å². The summed E-state index contributed by atoms with van der Waals surface area (Å²) in [5.74, 6) is 0.874. The van der Waals surface area contributed by atoms with Gasteiger partial charge in [0.15, 0.2) is 0 Å². The number of likely N-dealkylation sites (tertiary alicyclic amines) is 1. The number of piperidine rings is 1. The number of rotatable bonds is 5. The zero-order valence-corrected chi connectivity index (χ0v) is 19.8. The smallest absolute Gasteiger partial charge is 0.244 e. The van der Waals surface area contributed by atoms with Crippen LogP contribution >= 0.6 is 0 Å². The number of imidazole rings is 1. The monoisotopic (exact) mass is 489 g/mol. The fourth-order valence-electron chi connectivity index (χ4n) is 4.89. The van der Waals surface area contributed by atoms with Crippen molar-refractivity contribution in [2.24, 2.45) is 5.41 Å². The Labute approximate surface area is 205 Å². The maximum atomic E-state index is 15.7. The highest BCUT2D eigenvalue weighted by atomic mass is 19.1. The first-order valence-electron chi connectivity index (χ1n) is 11.7. The van der Waals surface area contributed by atoms with E-state index in [4.69, 9.17) is 4.74 Å². The van der Waals surface area contributed by atoms with Crippen LogP contribution in [-0.4, -0.2) is 71.7 Å². The Balaban J connectivity index is 1.26. The molecule has 11 nitrogen and oxygen atoms in total. The molecule has 36 heavy (non-hydrogen) atoms. The molecule has 0 spiro atoms. The van der Waals surface area contributed by atoms with E-state index in [9.17, 15) is 10.1 Å². The second-order valence-electron chi connectivity index (χ2n) is 9.63. The van der Waals surface area contributed by atoms with Crippen molar-refractivity contribution < 1.29 is 13.9 Å². The van der Waals surface area contributed by atoms with Gasteiger partial charge in [0.05, 0.1) is 25.8 Å². The number of hydrogen-bond acceptors (Lipinski definition) is 8. The normalized spacial score (nSPS) is 22.9. The Bertz CT molecular complexity index is 1530. The van der Waals surface area contributed by atoms with Crippen molar-refractivity contribution >= 4 is 23.1 Å². The number of methoxy groups -OCH3 is 1. The molecular weight excluding hydrogens is 465 g/mol. The van der Waals surface area contributed by atoms with E-state index in [0.717, 1.165) is 11.1 Å². The molecule has 1 aliphatic carbocycles. The molecule has 1 amide bonds. The standard InChI is InChI=1S/C24H24FN9O2/c1-23(25)14-33(20(35)24(13-26)5-6-24)8-4-17(23)29-21-30-19(36-2)18-16(3-9-34(18)31-21)15-11-28-22-27-7-10-32(22)12-15/h3,7,9-12,17H,4-6,8,14H2,1-2H3,(H,29,31)/t17-,23?/m1/s1. The molecule has 1 saturated carbocycles. The molecule has 1 aliphatic heterocycles. The summed E-state index contributed by atoms with van der Waals surface area (Å²) in [5.41, 5.74) is -0.375. The molecule has 0 radical (unpaired) electrons. The first kappa shape index (κ1) is 22.2. The summed E-state index contributed by atoms with van der Waals surface area (Å²) in [7, 11) is 1.52. The SMILES string of the molecule is COc1nc(N[C@@H]2CCN(C(=O)C3(C#N)CC3)CC2(C)F)nn2ccc(-c3cnc4nccn4c3)c12. The van der Waals surface area contributed by atoms with Crippen LogP contribution in [0.15, 0.2) is 37.1 Å². The summed E-state index contributed by atoms with van der Waals surface area (Å²) in [5, 5.41) is 17.0. The number of ether oxygens (including phenoxy) is 1. The molecule has 2 fully saturated rings. The van der Waals surface area contributed by atoms with Crippen molar-refractivity contribution in [3.05, 3.63) is 37.1 Å². The Morgan fingerprint density at radius 3 is 2.89 bits per heavy atom. The first-order valence-corrected chi connectivity index (χ1v) is 11.7. The molecular formula is C24H24FN9O2. The number of carbonyl (C=O) groups excluding carboxylic acids is 1. The minimum atomic E-state index is -1.74. The van der Waals surface area contributed by atoms with Gasteiger partial charge in [0.25, 0.3) is 0 Å². The Morgan fingerprint density at radius 1 is 1.33 bits per heavy atom. The van der Waals surface area contributed by atoms with Gasteiger partial charge in [-0.1, -0.05) is 0 Å². The fraction of sp³-hybridized carbons (Fsp3) is 0.417. The van der Waals surface area contributed by atoms with Crippen LogP contribution in [0.25, 0.3) is 22.4 Å². The number of amides is 1. The van der Waals surface area contributed by atoms with Gasteiger partial charge in [-0.3, -0.25) is 9.20 Å². The topological polar surface area (TPSA) is 126 Å². The van der Waals surface area contributed by atoms with Gasteiger partial charge in [-0.2, -0.15) is 10.2 Å². The van der Waals surface area contributed by atoms with Gasteiger partial charge in [0.2, 0.25) is 23.5 Å². The molecule has 1 N–H and O–H groups in total. The maximum Gasteiger partial charge on any atom is 0.244 e. The number of anilines is 1.